The van der Waals surface area contributed by atoms with E-state index in [1.807, 2.05) is 6.92 Å². The fourth-order valence-electron chi connectivity index (χ4n) is 2.97. The van der Waals surface area contributed by atoms with Crippen molar-refractivity contribution >= 4 is 5.78 Å². The fraction of sp³-hybridized carbons (Fsp3) is 0.588. The minimum absolute atomic E-state index is 0.0838. The van der Waals surface area contributed by atoms with Crippen molar-refractivity contribution in [2.24, 2.45) is 5.92 Å². The van der Waals surface area contributed by atoms with Crippen LogP contribution < -0.4 is 0 Å². The minimum Gasteiger partial charge on any atom is -0.300 e. The third-order valence-electron chi connectivity index (χ3n) is 4.29. The van der Waals surface area contributed by atoms with Gasteiger partial charge in [-0.05, 0) is 38.4 Å². The van der Waals surface area contributed by atoms with Crippen molar-refractivity contribution in [2.75, 3.05) is 13.1 Å². The van der Waals surface area contributed by atoms with Crippen molar-refractivity contribution in [3.63, 3.8) is 0 Å². The standard InChI is InChI=1S/C17H24FNO/c1-13(12-19-11-7-3-4-8-14(19)2)17(20)15-9-5-6-10-16(15)18/h5-6,9-10,13-14H,3-4,7-8,11-12H2,1-2H3. The van der Waals surface area contributed by atoms with Crippen LogP contribution in [0.2, 0.25) is 0 Å². The summed E-state index contributed by atoms with van der Waals surface area (Å²) in [5.74, 6) is -0.653. The van der Waals surface area contributed by atoms with E-state index in [-0.39, 0.29) is 17.3 Å². The number of ketones is 1. The predicted octanol–water partition coefficient (Wildman–Crippen LogP) is 3.91. The quantitative estimate of drug-likeness (QED) is 0.778. The van der Waals surface area contributed by atoms with Crippen LogP contribution in [-0.4, -0.2) is 29.8 Å². The first kappa shape index (κ1) is 15.2. The van der Waals surface area contributed by atoms with E-state index in [2.05, 4.69) is 11.8 Å². The zero-order valence-corrected chi connectivity index (χ0v) is 12.4. The molecule has 0 spiro atoms. The molecule has 1 aromatic rings. The Balaban J connectivity index is 2.02. The zero-order valence-electron chi connectivity index (χ0n) is 12.4. The van der Waals surface area contributed by atoms with E-state index in [0.717, 1.165) is 13.1 Å². The van der Waals surface area contributed by atoms with Gasteiger partial charge in [0.05, 0.1) is 5.56 Å². The Morgan fingerprint density at radius 3 is 2.85 bits per heavy atom. The van der Waals surface area contributed by atoms with Gasteiger partial charge in [0.15, 0.2) is 5.78 Å². The van der Waals surface area contributed by atoms with Gasteiger partial charge in [0, 0.05) is 18.5 Å². The Kier molecular flexibility index (Phi) is 5.30. The molecular weight excluding hydrogens is 253 g/mol. The van der Waals surface area contributed by atoms with Gasteiger partial charge in [0.2, 0.25) is 0 Å². The van der Waals surface area contributed by atoms with E-state index >= 15 is 0 Å². The molecule has 0 amide bonds. The minimum atomic E-state index is -0.409. The normalized spacial score (nSPS) is 22.2. The average molecular weight is 277 g/mol. The van der Waals surface area contributed by atoms with Crippen molar-refractivity contribution in [2.45, 2.75) is 45.6 Å². The van der Waals surface area contributed by atoms with E-state index in [0.29, 0.717) is 6.04 Å². The molecule has 0 radical (unpaired) electrons. The van der Waals surface area contributed by atoms with E-state index in [4.69, 9.17) is 0 Å². The molecule has 1 aromatic carbocycles. The van der Waals surface area contributed by atoms with Gasteiger partial charge >= 0.3 is 0 Å². The predicted molar refractivity (Wildman–Crippen MR) is 79.4 cm³/mol. The molecule has 0 bridgehead atoms. The second-order valence-electron chi connectivity index (χ2n) is 5.94. The summed E-state index contributed by atoms with van der Waals surface area (Å²) in [7, 11) is 0. The highest BCUT2D eigenvalue weighted by molar-refractivity contribution is 5.98. The Labute approximate surface area is 121 Å². The second kappa shape index (κ2) is 6.98. The maximum atomic E-state index is 13.7. The lowest BCUT2D eigenvalue weighted by atomic mass is 9.97. The number of hydrogen-bond donors (Lipinski definition) is 0. The van der Waals surface area contributed by atoms with Gasteiger partial charge in [0.25, 0.3) is 0 Å². The second-order valence-corrected chi connectivity index (χ2v) is 5.94. The van der Waals surface area contributed by atoms with Crippen LogP contribution in [0.25, 0.3) is 0 Å². The average Bonchev–Trinajstić information content (AvgIpc) is 2.64. The summed E-state index contributed by atoms with van der Waals surface area (Å²) >= 11 is 0. The van der Waals surface area contributed by atoms with Crippen LogP contribution >= 0.6 is 0 Å². The van der Waals surface area contributed by atoms with Crippen LogP contribution in [0.5, 0.6) is 0 Å². The first-order valence-electron chi connectivity index (χ1n) is 7.62. The number of carbonyl (C=O) groups excluding carboxylic acids is 1. The summed E-state index contributed by atoms with van der Waals surface area (Å²) in [6.45, 7) is 5.92. The summed E-state index contributed by atoms with van der Waals surface area (Å²) in [5, 5.41) is 0. The number of likely N-dealkylation sites (tertiary alicyclic amines) is 1. The van der Waals surface area contributed by atoms with Gasteiger partial charge in [-0.2, -0.15) is 0 Å². The van der Waals surface area contributed by atoms with E-state index in [9.17, 15) is 9.18 Å². The number of carbonyl (C=O) groups is 1. The molecule has 2 unspecified atom stereocenters. The number of Topliss-reactive ketones (excluding diaryl/α,β-unsaturated/α-hetero) is 1. The first-order valence-corrected chi connectivity index (χ1v) is 7.62. The summed E-state index contributed by atoms with van der Waals surface area (Å²) in [4.78, 5) is 14.8. The number of rotatable bonds is 4. The lowest BCUT2D eigenvalue weighted by Gasteiger charge is -2.29. The topological polar surface area (TPSA) is 20.3 Å². The van der Waals surface area contributed by atoms with Gasteiger partial charge < -0.3 is 0 Å². The number of halogens is 1. The third-order valence-corrected chi connectivity index (χ3v) is 4.29. The van der Waals surface area contributed by atoms with Gasteiger partial charge in [-0.25, -0.2) is 4.39 Å². The molecule has 0 aromatic heterocycles. The van der Waals surface area contributed by atoms with Crippen molar-refractivity contribution in [1.82, 2.24) is 4.90 Å². The molecule has 1 aliphatic heterocycles. The van der Waals surface area contributed by atoms with E-state index < -0.39 is 5.82 Å². The maximum absolute atomic E-state index is 13.7. The van der Waals surface area contributed by atoms with Gasteiger partial charge in [0.1, 0.15) is 5.82 Å². The molecule has 1 fully saturated rings. The SMILES string of the molecule is CC(CN1CCCCCC1C)C(=O)c1ccccc1F. The zero-order chi connectivity index (χ0) is 14.5. The van der Waals surface area contributed by atoms with Crippen LogP contribution in [0.4, 0.5) is 4.39 Å². The van der Waals surface area contributed by atoms with Crippen LogP contribution in [0.3, 0.4) is 0 Å². The Bertz CT molecular complexity index is 460. The summed E-state index contributed by atoms with van der Waals surface area (Å²) in [5.41, 5.74) is 0.225. The molecule has 20 heavy (non-hydrogen) atoms. The van der Waals surface area contributed by atoms with Crippen LogP contribution in [0, 0.1) is 11.7 Å². The molecule has 2 atom stereocenters. The van der Waals surface area contributed by atoms with Crippen molar-refractivity contribution in [1.29, 1.82) is 0 Å². The summed E-state index contributed by atoms with van der Waals surface area (Å²) in [6.07, 6.45) is 4.94. The highest BCUT2D eigenvalue weighted by Gasteiger charge is 2.24. The third kappa shape index (κ3) is 3.66. The lowest BCUT2D eigenvalue weighted by molar-refractivity contribution is 0.0870. The molecule has 0 aliphatic carbocycles. The fourth-order valence-corrected chi connectivity index (χ4v) is 2.97. The van der Waals surface area contributed by atoms with Crippen LogP contribution in [0.15, 0.2) is 24.3 Å². The van der Waals surface area contributed by atoms with Crippen molar-refractivity contribution in [3.8, 4) is 0 Å². The molecule has 0 N–H and O–H groups in total. The maximum Gasteiger partial charge on any atom is 0.169 e. The number of hydrogen-bond acceptors (Lipinski definition) is 2. The summed E-state index contributed by atoms with van der Waals surface area (Å²) in [6, 6.07) is 6.80. The molecule has 0 saturated carbocycles. The largest absolute Gasteiger partial charge is 0.300 e. The summed E-state index contributed by atoms with van der Waals surface area (Å²) < 4.78 is 13.7. The molecule has 1 heterocycles. The molecule has 1 saturated heterocycles. The molecule has 3 heteroatoms. The molecule has 1 aliphatic rings. The van der Waals surface area contributed by atoms with Crippen molar-refractivity contribution in [3.05, 3.63) is 35.6 Å². The highest BCUT2D eigenvalue weighted by atomic mass is 19.1. The van der Waals surface area contributed by atoms with Gasteiger partial charge in [-0.3, -0.25) is 9.69 Å². The molecular formula is C17H24FNO. The highest BCUT2D eigenvalue weighted by Crippen LogP contribution is 2.20. The molecule has 2 rings (SSSR count). The van der Waals surface area contributed by atoms with Crippen LogP contribution in [-0.2, 0) is 0 Å². The number of benzene rings is 1. The Morgan fingerprint density at radius 2 is 2.10 bits per heavy atom. The molecule has 110 valence electrons. The number of nitrogens with zero attached hydrogens (tertiary/aromatic N) is 1. The smallest absolute Gasteiger partial charge is 0.169 e. The lowest BCUT2D eigenvalue weighted by Crippen LogP contribution is -2.38. The van der Waals surface area contributed by atoms with E-state index in [1.54, 1.807) is 18.2 Å². The monoisotopic (exact) mass is 277 g/mol. The van der Waals surface area contributed by atoms with E-state index in [1.165, 1.54) is 31.7 Å². The van der Waals surface area contributed by atoms with Crippen LogP contribution in [0.1, 0.15) is 49.9 Å². The molecule has 2 nitrogen and oxygen atoms in total. The van der Waals surface area contributed by atoms with Gasteiger partial charge in [-0.15, -0.1) is 0 Å². The Morgan fingerprint density at radius 1 is 1.35 bits per heavy atom. The first-order chi connectivity index (χ1) is 9.59. The Hall–Kier alpha value is -1.22. The van der Waals surface area contributed by atoms with Gasteiger partial charge in [-0.1, -0.05) is 31.9 Å². The van der Waals surface area contributed by atoms with Crippen molar-refractivity contribution < 1.29 is 9.18 Å².